The fraction of sp³-hybridized carbons (Fsp3) is 0.286. The lowest BCUT2D eigenvalue weighted by molar-refractivity contribution is 0.0930. The van der Waals surface area contributed by atoms with Crippen LogP contribution in [0.15, 0.2) is 61.4 Å². The number of methoxy groups -OCH3 is 1. The average Bonchev–Trinajstić information content (AvgIpc) is 3.62. The van der Waals surface area contributed by atoms with Gasteiger partial charge in [0.05, 0.1) is 23.9 Å². The number of aromatic nitrogens is 1. The minimum atomic E-state index is -1.25. The number of likely N-dealkylation sites (N-methyl/N-ethyl adjacent to an activating group) is 1. The summed E-state index contributed by atoms with van der Waals surface area (Å²) in [6, 6.07) is 11.5. The number of nitrogens with zero attached hydrogens (tertiary/aromatic N) is 2. The van der Waals surface area contributed by atoms with Gasteiger partial charge in [-0.2, -0.15) is 0 Å². The molecule has 1 saturated carbocycles. The fourth-order valence-corrected chi connectivity index (χ4v) is 4.71. The molecule has 1 amide bonds. The lowest BCUT2D eigenvalue weighted by atomic mass is 9.95. The summed E-state index contributed by atoms with van der Waals surface area (Å²) in [4.78, 5) is 19.9. The van der Waals surface area contributed by atoms with Crippen molar-refractivity contribution in [3.63, 3.8) is 0 Å². The maximum Gasteiger partial charge on any atom is 0.252 e. The van der Waals surface area contributed by atoms with Crippen molar-refractivity contribution < 1.29 is 13.7 Å². The Balaban J connectivity index is 0.000000543. The zero-order valence-electron chi connectivity index (χ0n) is 21.1. The number of rotatable bonds is 7. The molecule has 1 fully saturated rings. The molecule has 1 atom stereocenters. The van der Waals surface area contributed by atoms with Gasteiger partial charge in [0.25, 0.3) is 5.91 Å². The van der Waals surface area contributed by atoms with Gasteiger partial charge in [-0.25, -0.2) is 4.21 Å². The van der Waals surface area contributed by atoms with E-state index in [1.54, 1.807) is 30.7 Å². The second-order valence-corrected chi connectivity index (χ2v) is 10.2. The normalized spacial score (nSPS) is 15.7. The van der Waals surface area contributed by atoms with Crippen molar-refractivity contribution in [1.29, 1.82) is 0 Å². The second kappa shape index (κ2) is 10.5. The van der Waals surface area contributed by atoms with Crippen molar-refractivity contribution >= 4 is 39.6 Å². The molecule has 2 aromatic carbocycles. The number of nitrogens with one attached hydrogen (secondary N) is 2. The van der Waals surface area contributed by atoms with Crippen molar-refractivity contribution in [1.82, 2.24) is 15.2 Å². The Kier molecular flexibility index (Phi) is 7.45. The fourth-order valence-electron chi connectivity index (χ4n) is 4.24. The highest BCUT2D eigenvalue weighted by molar-refractivity contribution is 7.85. The Morgan fingerprint density at radius 1 is 1.28 bits per heavy atom. The van der Waals surface area contributed by atoms with Gasteiger partial charge in [0, 0.05) is 37.0 Å². The number of aryl methyl sites for hydroxylation is 1. The molecule has 3 aromatic rings. The maximum absolute atomic E-state index is 13.3. The molecule has 1 aromatic heterocycles. The van der Waals surface area contributed by atoms with E-state index >= 15 is 0 Å². The van der Waals surface area contributed by atoms with Gasteiger partial charge >= 0.3 is 0 Å². The number of benzene rings is 2. The van der Waals surface area contributed by atoms with Crippen LogP contribution in [-0.4, -0.2) is 47.0 Å². The smallest absolute Gasteiger partial charge is 0.252 e. The van der Waals surface area contributed by atoms with Crippen LogP contribution < -0.4 is 14.8 Å². The van der Waals surface area contributed by atoms with Gasteiger partial charge in [0.15, 0.2) is 0 Å². The third kappa shape index (κ3) is 5.44. The van der Waals surface area contributed by atoms with Crippen LogP contribution in [0, 0.1) is 6.92 Å². The molecule has 1 unspecified atom stereocenters. The quantitative estimate of drug-likeness (QED) is 0.485. The molecule has 0 bridgehead atoms. The molecule has 0 radical (unpaired) electrons. The third-order valence-electron chi connectivity index (χ3n) is 6.40. The molecule has 1 aliphatic heterocycles. The van der Waals surface area contributed by atoms with Crippen molar-refractivity contribution in [3.8, 4) is 5.75 Å². The number of carbonyl (C=O) groups is 1. The van der Waals surface area contributed by atoms with Gasteiger partial charge in [-0.3, -0.25) is 9.78 Å². The SMILES string of the molecule is C=Cc1cc(C2(NC(=O)c3cc(OC)c(NS(C)=O)cc3C)CC2)c2cccnc2c1.CN1C=CC1. The van der Waals surface area contributed by atoms with E-state index in [-0.39, 0.29) is 5.91 Å². The molecule has 2 N–H and O–H groups in total. The zero-order valence-corrected chi connectivity index (χ0v) is 21.9. The first kappa shape index (κ1) is 25.4. The van der Waals surface area contributed by atoms with Crippen LogP contribution in [0.4, 0.5) is 5.69 Å². The lowest BCUT2D eigenvalue weighted by Crippen LogP contribution is -2.35. The first-order valence-electron chi connectivity index (χ1n) is 11.8. The second-order valence-electron chi connectivity index (χ2n) is 9.13. The maximum atomic E-state index is 13.3. The zero-order chi connectivity index (χ0) is 25.9. The Morgan fingerprint density at radius 3 is 2.56 bits per heavy atom. The van der Waals surface area contributed by atoms with Crippen molar-refractivity contribution in [2.45, 2.75) is 25.3 Å². The van der Waals surface area contributed by atoms with Gasteiger partial charge < -0.3 is 19.7 Å². The lowest BCUT2D eigenvalue weighted by Gasteiger charge is -2.22. The summed E-state index contributed by atoms with van der Waals surface area (Å²) in [6.45, 7) is 6.89. The van der Waals surface area contributed by atoms with Crippen molar-refractivity contribution in [2.24, 2.45) is 0 Å². The number of anilines is 1. The molecular weight excluding hydrogens is 472 g/mol. The summed E-state index contributed by atoms with van der Waals surface area (Å²) >= 11 is 0. The van der Waals surface area contributed by atoms with E-state index in [4.69, 9.17) is 4.74 Å². The van der Waals surface area contributed by atoms with E-state index < -0.39 is 16.5 Å². The molecule has 0 saturated heterocycles. The molecule has 0 spiro atoms. The molecule has 2 heterocycles. The predicted octanol–water partition coefficient (Wildman–Crippen LogP) is 4.76. The summed E-state index contributed by atoms with van der Waals surface area (Å²) in [5.74, 6) is 0.303. The Morgan fingerprint density at radius 2 is 2.00 bits per heavy atom. The van der Waals surface area contributed by atoms with E-state index in [1.165, 1.54) is 7.11 Å². The average molecular weight is 505 g/mol. The van der Waals surface area contributed by atoms with Crippen molar-refractivity contribution in [2.75, 3.05) is 31.7 Å². The first-order valence-corrected chi connectivity index (χ1v) is 13.3. The molecule has 2 aliphatic rings. The number of hydrogen-bond acceptors (Lipinski definition) is 5. The van der Waals surface area contributed by atoms with Gasteiger partial charge in [-0.15, -0.1) is 0 Å². The Bertz CT molecular complexity index is 1360. The van der Waals surface area contributed by atoms with Crippen LogP contribution in [-0.2, 0) is 16.5 Å². The monoisotopic (exact) mass is 504 g/mol. The topological polar surface area (TPSA) is 83.6 Å². The molecular formula is C28H32N4O3S. The highest BCUT2D eigenvalue weighted by Crippen LogP contribution is 2.48. The van der Waals surface area contributed by atoms with Gasteiger partial charge in [-0.1, -0.05) is 18.7 Å². The van der Waals surface area contributed by atoms with Gasteiger partial charge in [-0.05, 0) is 79.1 Å². The van der Waals surface area contributed by atoms with E-state index in [0.717, 1.165) is 47.0 Å². The summed E-state index contributed by atoms with van der Waals surface area (Å²) < 4.78 is 19.8. The number of amides is 1. The first-order chi connectivity index (χ1) is 17.3. The third-order valence-corrected chi connectivity index (χ3v) is 6.90. The molecule has 7 nitrogen and oxygen atoms in total. The number of ether oxygens (including phenoxy) is 1. The number of carbonyl (C=O) groups excluding carboxylic acids is 1. The largest absolute Gasteiger partial charge is 0.495 e. The number of hydrogen-bond donors (Lipinski definition) is 2. The molecule has 1 aliphatic carbocycles. The minimum Gasteiger partial charge on any atom is -0.495 e. The van der Waals surface area contributed by atoms with E-state index in [0.29, 0.717) is 17.0 Å². The Labute approximate surface area is 214 Å². The molecule has 36 heavy (non-hydrogen) atoms. The van der Waals surface area contributed by atoms with E-state index in [2.05, 4.69) is 51.9 Å². The highest BCUT2D eigenvalue weighted by Gasteiger charge is 2.47. The van der Waals surface area contributed by atoms with Gasteiger partial charge in [0.2, 0.25) is 0 Å². The number of fused-ring (bicyclic) bond motifs is 1. The van der Waals surface area contributed by atoms with Crippen LogP contribution in [0.25, 0.3) is 17.0 Å². The van der Waals surface area contributed by atoms with Crippen LogP contribution in [0.1, 0.15) is 39.9 Å². The summed E-state index contributed by atoms with van der Waals surface area (Å²) in [5, 5.41) is 4.29. The molecule has 5 rings (SSSR count). The predicted molar refractivity (Wildman–Crippen MR) is 147 cm³/mol. The Hall–Kier alpha value is -3.65. The highest BCUT2D eigenvalue weighted by atomic mass is 32.2. The summed E-state index contributed by atoms with van der Waals surface area (Å²) in [6.07, 6.45) is 11.0. The molecule has 8 heteroatoms. The van der Waals surface area contributed by atoms with Crippen molar-refractivity contribution in [3.05, 3.63) is 83.7 Å². The van der Waals surface area contributed by atoms with E-state index in [9.17, 15) is 9.00 Å². The summed E-state index contributed by atoms with van der Waals surface area (Å²) in [7, 11) is 2.34. The standard InChI is InChI=1S/C24H25N3O3S.C4H7N/c1-5-16-12-19(17-7-6-10-25-20(17)13-16)24(8-9-24)26-23(28)18-14-22(30-3)21(11-15(18)2)27-31(4)29;1-5-3-2-4-5/h5-7,10-14,27H,1,8-9H2,2-4H3,(H,26,28);2-3H,4H2,1H3. The van der Waals surface area contributed by atoms with Crippen LogP contribution in [0.2, 0.25) is 0 Å². The van der Waals surface area contributed by atoms with Crippen LogP contribution in [0.5, 0.6) is 5.75 Å². The summed E-state index contributed by atoms with van der Waals surface area (Å²) in [5.41, 5.74) is 4.38. The van der Waals surface area contributed by atoms with Crippen LogP contribution in [0.3, 0.4) is 0 Å². The number of pyridine rings is 1. The van der Waals surface area contributed by atoms with E-state index in [1.807, 2.05) is 25.1 Å². The minimum absolute atomic E-state index is 0.168. The van der Waals surface area contributed by atoms with Gasteiger partial charge in [0.1, 0.15) is 16.7 Å². The van der Waals surface area contributed by atoms with Crippen LogP contribution >= 0.6 is 0 Å². The molecule has 188 valence electrons.